The number of fused-ring (bicyclic) bond motifs is 1. The van der Waals surface area contributed by atoms with Gasteiger partial charge >= 0.3 is 0 Å². The van der Waals surface area contributed by atoms with Gasteiger partial charge in [-0.05, 0) is 50.6 Å². The van der Waals surface area contributed by atoms with Crippen LogP contribution in [0.2, 0.25) is 0 Å². The Bertz CT molecular complexity index is 852. The number of carbonyl (C=O) groups is 1. The van der Waals surface area contributed by atoms with Crippen LogP contribution in [0.25, 0.3) is 16.6 Å². The normalized spacial score (nSPS) is 10.9. The van der Waals surface area contributed by atoms with Crippen molar-refractivity contribution in [1.82, 2.24) is 25.3 Å². The number of unbranched alkanes of at least 4 members (excludes halogenated alkanes) is 1. The van der Waals surface area contributed by atoms with Gasteiger partial charge in [0.2, 0.25) is 0 Å². The van der Waals surface area contributed by atoms with E-state index in [2.05, 4.69) is 20.6 Å². The molecule has 0 unspecified atom stereocenters. The zero-order valence-corrected chi connectivity index (χ0v) is 13.6. The molecule has 1 amide bonds. The highest BCUT2D eigenvalue weighted by molar-refractivity contribution is 5.93. The number of rotatable bonds is 6. The summed E-state index contributed by atoms with van der Waals surface area (Å²) in [4.78, 5) is 16.6. The number of nitrogens with two attached hydrogens (primary N) is 1. The van der Waals surface area contributed by atoms with Gasteiger partial charge in [0.1, 0.15) is 0 Å². The Morgan fingerprint density at radius 2 is 2.12 bits per heavy atom. The van der Waals surface area contributed by atoms with E-state index in [0.717, 1.165) is 29.4 Å². The molecule has 0 aliphatic rings. The van der Waals surface area contributed by atoms with Crippen LogP contribution in [0, 0.1) is 6.92 Å². The average Bonchev–Trinajstić information content (AvgIpc) is 2.99. The fourth-order valence-electron chi connectivity index (χ4n) is 2.59. The molecule has 0 saturated carbocycles. The minimum Gasteiger partial charge on any atom is -0.351 e. The van der Waals surface area contributed by atoms with Gasteiger partial charge in [-0.25, -0.2) is 4.68 Å². The number of nitrogens with one attached hydrogen (secondary N) is 1. The van der Waals surface area contributed by atoms with Gasteiger partial charge in [0.15, 0.2) is 5.69 Å². The molecule has 0 aliphatic carbocycles. The second-order valence-electron chi connectivity index (χ2n) is 5.53. The van der Waals surface area contributed by atoms with E-state index in [1.165, 1.54) is 0 Å². The first kappa shape index (κ1) is 16.1. The van der Waals surface area contributed by atoms with E-state index in [-0.39, 0.29) is 5.91 Å². The van der Waals surface area contributed by atoms with Crippen molar-refractivity contribution in [2.75, 3.05) is 13.1 Å². The molecule has 3 rings (SSSR count). The molecule has 3 aromatic rings. The van der Waals surface area contributed by atoms with Crippen molar-refractivity contribution < 1.29 is 4.79 Å². The smallest absolute Gasteiger partial charge is 0.273 e. The predicted molar refractivity (Wildman–Crippen MR) is 92.0 cm³/mol. The van der Waals surface area contributed by atoms with Crippen molar-refractivity contribution in [2.24, 2.45) is 5.73 Å². The van der Waals surface area contributed by atoms with Crippen molar-refractivity contribution in [3.05, 3.63) is 47.9 Å². The van der Waals surface area contributed by atoms with Crippen molar-refractivity contribution in [1.29, 1.82) is 0 Å². The van der Waals surface area contributed by atoms with Crippen LogP contribution >= 0.6 is 0 Å². The topological polar surface area (TPSA) is 98.7 Å². The monoisotopic (exact) mass is 324 g/mol. The fourth-order valence-corrected chi connectivity index (χ4v) is 2.59. The van der Waals surface area contributed by atoms with E-state index in [0.29, 0.717) is 24.5 Å². The third kappa shape index (κ3) is 3.11. The van der Waals surface area contributed by atoms with Gasteiger partial charge in [0.05, 0.1) is 16.9 Å². The van der Waals surface area contributed by atoms with Crippen molar-refractivity contribution in [2.45, 2.75) is 19.8 Å². The summed E-state index contributed by atoms with van der Waals surface area (Å²) >= 11 is 0. The van der Waals surface area contributed by atoms with E-state index < -0.39 is 0 Å². The maximum Gasteiger partial charge on any atom is 0.273 e. The van der Waals surface area contributed by atoms with Gasteiger partial charge in [-0.1, -0.05) is 11.3 Å². The van der Waals surface area contributed by atoms with Crippen LogP contribution in [-0.4, -0.2) is 39.0 Å². The average molecular weight is 324 g/mol. The molecule has 0 fully saturated rings. The molecule has 24 heavy (non-hydrogen) atoms. The SMILES string of the molecule is Cc1c(C(=O)NCCCCN)nnn1-c1cccc2ncccc12. The standard InChI is InChI=1S/C17H20N6O/c1-12-16(17(24)20-10-3-2-9-18)21-22-23(12)15-8-4-7-14-13(15)6-5-11-19-14/h4-8,11H,2-3,9-10,18H2,1H3,(H,20,24). The second-order valence-corrected chi connectivity index (χ2v) is 5.53. The van der Waals surface area contributed by atoms with Crippen LogP contribution < -0.4 is 11.1 Å². The summed E-state index contributed by atoms with van der Waals surface area (Å²) in [6.07, 6.45) is 3.49. The van der Waals surface area contributed by atoms with Crippen LogP contribution in [0.3, 0.4) is 0 Å². The van der Waals surface area contributed by atoms with Gasteiger partial charge in [-0.3, -0.25) is 9.78 Å². The summed E-state index contributed by atoms with van der Waals surface area (Å²) in [5.41, 5.74) is 8.21. The Balaban J connectivity index is 1.88. The first-order valence-corrected chi connectivity index (χ1v) is 7.97. The first-order valence-electron chi connectivity index (χ1n) is 7.97. The van der Waals surface area contributed by atoms with Crippen molar-refractivity contribution >= 4 is 16.8 Å². The van der Waals surface area contributed by atoms with E-state index >= 15 is 0 Å². The summed E-state index contributed by atoms with van der Waals surface area (Å²) < 4.78 is 1.68. The van der Waals surface area contributed by atoms with Crippen molar-refractivity contribution in [3.63, 3.8) is 0 Å². The molecule has 7 nitrogen and oxygen atoms in total. The van der Waals surface area contributed by atoms with Crippen molar-refractivity contribution in [3.8, 4) is 5.69 Å². The van der Waals surface area contributed by atoms with Gasteiger partial charge in [0.25, 0.3) is 5.91 Å². The van der Waals surface area contributed by atoms with Gasteiger partial charge < -0.3 is 11.1 Å². The second kappa shape index (κ2) is 7.18. The Labute approximate surface area is 139 Å². The minimum absolute atomic E-state index is 0.214. The molecule has 124 valence electrons. The highest BCUT2D eigenvalue weighted by atomic mass is 16.2. The van der Waals surface area contributed by atoms with Crippen LogP contribution in [-0.2, 0) is 0 Å². The lowest BCUT2D eigenvalue weighted by Crippen LogP contribution is -2.26. The molecule has 3 N–H and O–H groups in total. The van der Waals surface area contributed by atoms with Crippen LogP contribution in [0.1, 0.15) is 29.0 Å². The summed E-state index contributed by atoms with van der Waals surface area (Å²) in [5, 5.41) is 12.0. The molecule has 0 radical (unpaired) electrons. The molecule has 0 saturated heterocycles. The zero-order valence-electron chi connectivity index (χ0n) is 13.6. The fraction of sp³-hybridized carbons (Fsp3) is 0.294. The lowest BCUT2D eigenvalue weighted by Gasteiger charge is -2.07. The largest absolute Gasteiger partial charge is 0.351 e. The number of nitrogens with zero attached hydrogens (tertiary/aromatic N) is 4. The van der Waals surface area contributed by atoms with Crippen LogP contribution in [0.4, 0.5) is 0 Å². The number of benzene rings is 1. The van der Waals surface area contributed by atoms with Gasteiger partial charge in [0, 0.05) is 18.1 Å². The zero-order chi connectivity index (χ0) is 16.9. The third-order valence-corrected chi connectivity index (χ3v) is 3.88. The van der Waals surface area contributed by atoms with E-state index in [1.807, 2.05) is 37.3 Å². The summed E-state index contributed by atoms with van der Waals surface area (Å²) in [6.45, 7) is 3.05. The van der Waals surface area contributed by atoms with E-state index in [9.17, 15) is 4.79 Å². The van der Waals surface area contributed by atoms with E-state index in [1.54, 1.807) is 10.9 Å². The minimum atomic E-state index is -0.214. The number of carbonyl (C=O) groups excluding carboxylic acids is 1. The molecule has 0 bridgehead atoms. The summed E-state index contributed by atoms with van der Waals surface area (Å²) in [7, 11) is 0. The van der Waals surface area contributed by atoms with Crippen LogP contribution in [0.5, 0.6) is 0 Å². The molecule has 7 heteroatoms. The molecular formula is C17H20N6O. The Hall–Kier alpha value is -2.80. The number of pyridine rings is 1. The maximum atomic E-state index is 12.3. The molecule has 0 aliphatic heterocycles. The Morgan fingerprint density at radius 1 is 1.25 bits per heavy atom. The van der Waals surface area contributed by atoms with Gasteiger partial charge in [-0.15, -0.1) is 5.10 Å². The Kier molecular flexibility index (Phi) is 4.81. The quantitative estimate of drug-likeness (QED) is 0.671. The van der Waals surface area contributed by atoms with Gasteiger partial charge in [-0.2, -0.15) is 0 Å². The van der Waals surface area contributed by atoms with E-state index in [4.69, 9.17) is 5.73 Å². The summed E-state index contributed by atoms with van der Waals surface area (Å²) in [5.74, 6) is -0.214. The highest BCUT2D eigenvalue weighted by Crippen LogP contribution is 2.21. The number of aromatic nitrogens is 4. The molecular weight excluding hydrogens is 304 g/mol. The number of hydrogen-bond acceptors (Lipinski definition) is 5. The Morgan fingerprint density at radius 3 is 2.96 bits per heavy atom. The van der Waals surface area contributed by atoms with Crippen LogP contribution in [0.15, 0.2) is 36.5 Å². The molecule has 2 heterocycles. The predicted octanol–water partition coefficient (Wildman–Crippen LogP) is 1.59. The third-order valence-electron chi connectivity index (χ3n) is 3.88. The highest BCUT2D eigenvalue weighted by Gasteiger charge is 2.18. The molecule has 2 aromatic heterocycles. The number of hydrogen-bond donors (Lipinski definition) is 2. The first-order chi connectivity index (χ1) is 11.7. The summed E-state index contributed by atoms with van der Waals surface area (Å²) in [6, 6.07) is 9.65. The maximum absolute atomic E-state index is 12.3. The lowest BCUT2D eigenvalue weighted by molar-refractivity contribution is 0.0947. The molecule has 1 aromatic carbocycles. The lowest BCUT2D eigenvalue weighted by atomic mass is 10.2. The molecule has 0 spiro atoms. The molecule has 0 atom stereocenters. The number of amides is 1.